The summed E-state index contributed by atoms with van der Waals surface area (Å²) in [5, 5.41) is 18.9. The van der Waals surface area contributed by atoms with E-state index in [0.717, 1.165) is 5.56 Å². The van der Waals surface area contributed by atoms with Crippen molar-refractivity contribution >= 4 is 39.3 Å². The van der Waals surface area contributed by atoms with Gasteiger partial charge in [-0.3, -0.25) is 4.79 Å². The van der Waals surface area contributed by atoms with Crippen LogP contribution in [0.1, 0.15) is 49.7 Å². The van der Waals surface area contributed by atoms with E-state index in [1.54, 1.807) is 65.0 Å². The summed E-state index contributed by atoms with van der Waals surface area (Å²) in [6.07, 6.45) is 0.891. The summed E-state index contributed by atoms with van der Waals surface area (Å²) in [4.78, 5) is 26.3. The van der Waals surface area contributed by atoms with Crippen LogP contribution in [0.5, 0.6) is 0 Å². The quantitative estimate of drug-likeness (QED) is 0.192. The van der Waals surface area contributed by atoms with Crippen LogP contribution in [0.2, 0.25) is 5.02 Å². The summed E-state index contributed by atoms with van der Waals surface area (Å²) in [5.74, 6) is -1.80. The van der Waals surface area contributed by atoms with E-state index in [2.05, 4.69) is 16.0 Å². The Morgan fingerprint density at radius 1 is 1.02 bits per heavy atom. The zero-order valence-corrected chi connectivity index (χ0v) is 28.4. The van der Waals surface area contributed by atoms with Crippen LogP contribution in [0.4, 0.5) is 14.9 Å². The van der Waals surface area contributed by atoms with Crippen LogP contribution in [0.15, 0.2) is 77.7 Å². The first-order valence-electron chi connectivity index (χ1n) is 16.3. The number of carboxylic acid groups (broad SMARTS) is 1. The third-order valence-corrected chi connectivity index (χ3v) is 11.6. The van der Waals surface area contributed by atoms with Crippen molar-refractivity contribution in [1.82, 2.24) is 14.9 Å². The molecule has 2 aliphatic rings. The van der Waals surface area contributed by atoms with E-state index >= 15 is 4.39 Å². The second kappa shape index (κ2) is 16.2. The first-order valence-corrected chi connectivity index (χ1v) is 18.1. The highest BCUT2D eigenvalue weighted by atomic mass is 35.5. The van der Waals surface area contributed by atoms with Crippen LogP contribution in [0.3, 0.4) is 0 Å². The molecule has 0 spiro atoms. The molecule has 2 saturated heterocycles. The average Bonchev–Trinajstić information content (AvgIpc) is 3.09. The molecule has 10 nitrogen and oxygen atoms in total. The van der Waals surface area contributed by atoms with Crippen molar-refractivity contribution in [3.63, 3.8) is 0 Å². The largest absolute Gasteiger partial charge is 0.465 e. The Kier molecular flexibility index (Phi) is 12.1. The fraction of sp³-hybridized carbons (Fsp3) is 0.429. The Hall–Kier alpha value is -3.55. The number of benzene rings is 3. The topological polar surface area (TPSA) is 137 Å². The van der Waals surface area contributed by atoms with Gasteiger partial charge in [-0.25, -0.2) is 17.6 Å². The number of nitrogens with zero attached hydrogens (tertiary/aromatic N) is 1. The van der Waals surface area contributed by atoms with Crippen LogP contribution in [-0.2, 0) is 26.0 Å². The number of carbonyl (C=O) groups excluding carboxylic acids is 1. The van der Waals surface area contributed by atoms with E-state index < -0.39 is 45.8 Å². The van der Waals surface area contributed by atoms with Crippen molar-refractivity contribution in [3.05, 3.63) is 94.8 Å². The molecule has 258 valence electrons. The monoisotopic (exact) mass is 700 g/mol. The second-order valence-corrected chi connectivity index (χ2v) is 14.5. The SMILES string of the molecule is CC[C@H]1CNC[C@H](CCc2c(F)cccc2NC(=O)[C@@H](NC(=O)O)[C@@H](c2ccc(Cl)cc2)C2CCOCC2)N1S(=O)(=O)c1ccccc1. The fourth-order valence-corrected chi connectivity index (χ4v) is 9.01. The molecule has 0 bridgehead atoms. The predicted octanol–water partition coefficient (Wildman–Crippen LogP) is 5.64. The van der Waals surface area contributed by atoms with Gasteiger partial charge in [-0.1, -0.05) is 54.9 Å². The molecule has 0 unspecified atom stereocenters. The van der Waals surface area contributed by atoms with Gasteiger partial charge in [0.25, 0.3) is 0 Å². The van der Waals surface area contributed by atoms with Gasteiger partial charge in [-0.15, -0.1) is 0 Å². The molecule has 2 amide bonds. The summed E-state index contributed by atoms with van der Waals surface area (Å²) < 4.78 is 50.3. The van der Waals surface area contributed by atoms with Gasteiger partial charge in [0.15, 0.2) is 0 Å². The standard InChI is InChI=1S/C35H42ClFN4O6S/c1-2-26-21-38-22-27(41(26)48(45,46)28-7-4-3-5-8-28)15-16-29-30(37)9-6-10-31(29)39-34(42)33(40-35(43)44)32(24-17-19-47-20-18-24)23-11-13-25(36)14-12-23/h3-14,24,26-27,32-33,38,40H,2,15-22H2,1H3,(H,39,42)(H,43,44)/t26-,27-,32-,33-/m0/s1. The fourth-order valence-electron chi connectivity index (χ4n) is 6.95. The molecule has 0 aromatic heterocycles. The lowest BCUT2D eigenvalue weighted by Gasteiger charge is -2.41. The van der Waals surface area contributed by atoms with Crippen LogP contribution in [0.25, 0.3) is 0 Å². The average molecular weight is 701 g/mol. The Labute approximate surface area is 286 Å². The third kappa shape index (κ3) is 8.35. The summed E-state index contributed by atoms with van der Waals surface area (Å²) in [5.41, 5.74) is 1.16. The first kappa shape index (κ1) is 35.7. The zero-order valence-electron chi connectivity index (χ0n) is 26.8. The summed E-state index contributed by atoms with van der Waals surface area (Å²) >= 11 is 6.15. The lowest BCUT2D eigenvalue weighted by Crippen LogP contribution is -2.59. The van der Waals surface area contributed by atoms with Gasteiger partial charge < -0.3 is 25.8 Å². The molecule has 0 radical (unpaired) electrons. The zero-order chi connectivity index (χ0) is 34.3. The van der Waals surface area contributed by atoms with E-state index in [1.807, 2.05) is 6.92 Å². The Bertz CT molecular complexity index is 1660. The minimum Gasteiger partial charge on any atom is -0.465 e. The van der Waals surface area contributed by atoms with E-state index in [4.69, 9.17) is 16.3 Å². The van der Waals surface area contributed by atoms with E-state index in [1.165, 1.54) is 12.1 Å². The van der Waals surface area contributed by atoms with Crippen LogP contribution >= 0.6 is 11.6 Å². The van der Waals surface area contributed by atoms with Crippen molar-refractivity contribution in [2.75, 3.05) is 31.6 Å². The maximum atomic E-state index is 15.5. The molecule has 0 saturated carbocycles. The lowest BCUT2D eigenvalue weighted by molar-refractivity contribution is -0.119. The minimum atomic E-state index is -3.84. The number of sulfonamides is 1. The van der Waals surface area contributed by atoms with Gasteiger partial charge in [0.1, 0.15) is 11.9 Å². The van der Waals surface area contributed by atoms with Crippen molar-refractivity contribution in [2.45, 2.75) is 68.0 Å². The molecular weight excluding hydrogens is 659 g/mol. The highest BCUT2D eigenvalue weighted by Gasteiger charge is 2.40. The Balaban J connectivity index is 1.42. The van der Waals surface area contributed by atoms with Gasteiger partial charge in [0.05, 0.1) is 4.90 Å². The molecule has 3 aromatic rings. The van der Waals surface area contributed by atoms with Gasteiger partial charge in [-0.05, 0) is 80.0 Å². The van der Waals surface area contributed by atoms with Crippen LogP contribution in [0, 0.1) is 11.7 Å². The molecule has 0 aliphatic carbocycles. The smallest absolute Gasteiger partial charge is 0.405 e. The first-order chi connectivity index (χ1) is 23.1. The van der Waals surface area contributed by atoms with E-state index in [-0.39, 0.29) is 40.9 Å². The normalized spacial score (nSPS) is 20.5. The second-order valence-electron chi connectivity index (χ2n) is 12.3. The molecule has 13 heteroatoms. The molecule has 2 fully saturated rings. The molecule has 2 aliphatic heterocycles. The summed E-state index contributed by atoms with van der Waals surface area (Å²) in [6, 6.07) is 17.6. The number of amides is 2. The third-order valence-electron chi connectivity index (χ3n) is 9.32. The van der Waals surface area contributed by atoms with Gasteiger partial charge >= 0.3 is 6.09 Å². The number of carbonyl (C=O) groups is 2. The number of ether oxygens (including phenoxy) is 1. The van der Waals surface area contributed by atoms with Crippen molar-refractivity contribution in [3.8, 4) is 0 Å². The van der Waals surface area contributed by atoms with Crippen molar-refractivity contribution in [2.24, 2.45) is 5.92 Å². The molecule has 48 heavy (non-hydrogen) atoms. The van der Waals surface area contributed by atoms with Crippen LogP contribution in [-0.4, -0.2) is 74.3 Å². The minimum absolute atomic E-state index is 0.0719. The highest BCUT2D eigenvalue weighted by Crippen LogP contribution is 2.36. The number of hydrogen-bond acceptors (Lipinski definition) is 6. The number of rotatable bonds is 12. The predicted molar refractivity (Wildman–Crippen MR) is 182 cm³/mol. The molecule has 5 rings (SSSR count). The summed E-state index contributed by atoms with van der Waals surface area (Å²) in [6.45, 7) is 3.79. The molecule has 4 atom stereocenters. The maximum absolute atomic E-state index is 15.5. The van der Waals surface area contributed by atoms with Gasteiger partial charge in [0, 0.05) is 60.6 Å². The highest BCUT2D eigenvalue weighted by molar-refractivity contribution is 7.89. The van der Waals surface area contributed by atoms with Crippen LogP contribution < -0.4 is 16.0 Å². The Morgan fingerprint density at radius 3 is 2.38 bits per heavy atom. The van der Waals surface area contributed by atoms with E-state index in [0.29, 0.717) is 50.6 Å². The number of anilines is 1. The molecular formula is C35H42ClFN4O6S. The Morgan fingerprint density at radius 2 is 1.71 bits per heavy atom. The lowest BCUT2D eigenvalue weighted by atomic mass is 9.76. The maximum Gasteiger partial charge on any atom is 0.405 e. The molecule has 2 heterocycles. The number of piperazine rings is 1. The van der Waals surface area contributed by atoms with Crippen molar-refractivity contribution < 1.29 is 32.2 Å². The van der Waals surface area contributed by atoms with Crippen molar-refractivity contribution in [1.29, 1.82) is 0 Å². The van der Waals surface area contributed by atoms with Gasteiger partial charge in [-0.2, -0.15) is 4.31 Å². The number of halogens is 2. The van der Waals surface area contributed by atoms with Gasteiger partial charge in [0.2, 0.25) is 15.9 Å². The molecule has 3 aromatic carbocycles. The molecule has 4 N–H and O–H groups in total. The number of nitrogens with one attached hydrogen (secondary N) is 3. The summed E-state index contributed by atoms with van der Waals surface area (Å²) in [7, 11) is -3.84. The number of hydrogen-bond donors (Lipinski definition) is 4. The van der Waals surface area contributed by atoms with E-state index in [9.17, 15) is 23.1 Å².